The third-order valence-electron chi connectivity index (χ3n) is 7.35. The van der Waals surface area contributed by atoms with Crippen molar-refractivity contribution in [1.29, 1.82) is 0 Å². The van der Waals surface area contributed by atoms with Crippen molar-refractivity contribution in [2.75, 3.05) is 69.5 Å². The summed E-state index contributed by atoms with van der Waals surface area (Å²) in [6.07, 6.45) is 0. The lowest BCUT2D eigenvalue weighted by Crippen LogP contribution is -2.48. The van der Waals surface area contributed by atoms with E-state index in [0.29, 0.717) is 34.6 Å². The first-order chi connectivity index (χ1) is 21.3. The second-order valence-electron chi connectivity index (χ2n) is 10.5. The van der Waals surface area contributed by atoms with Crippen LogP contribution in [-0.4, -0.2) is 105 Å². The van der Waals surface area contributed by atoms with E-state index >= 15 is 0 Å². The van der Waals surface area contributed by atoms with Crippen molar-refractivity contribution in [3.05, 3.63) is 89.5 Å². The third-order valence-corrected chi connectivity index (χ3v) is 7.35. The average Bonchev–Trinajstić information content (AvgIpc) is 3.34. The van der Waals surface area contributed by atoms with Crippen molar-refractivity contribution >= 4 is 56.5 Å². The molecule has 0 spiro atoms. The average molecular weight is 656 g/mol. The summed E-state index contributed by atoms with van der Waals surface area (Å²) in [6.45, 7) is 4.09. The number of carbonyl (C=O) groups is 3. The second-order valence-corrected chi connectivity index (χ2v) is 11.4. The number of likely N-dealkylation sites (N-methyl/N-ethyl adjacent to an activating group) is 2. The second kappa shape index (κ2) is 15.6. The number of amides is 2. The Morgan fingerprint density at radius 2 is 1.57 bits per heavy atom. The van der Waals surface area contributed by atoms with Crippen LogP contribution in [0.25, 0.3) is 11.3 Å². The molecule has 14 nitrogen and oxygen atoms in total. The van der Waals surface area contributed by atoms with Gasteiger partial charge >= 0.3 is 16.4 Å². The molecule has 15 heteroatoms. The number of piperazine rings is 1. The smallest absolute Gasteiger partial charge is 0.394 e. The zero-order valence-corrected chi connectivity index (χ0v) is 26.4. The van der Waals surface area contributed by atoms with E-state index in [-0.39, 0.29) is 17.3 Å². The minimum absolute atomic E-state index is 0. The number of hydrogen-bond donors (Lipinski definition) is 4. The molecule has 0 unspecified atom stereocenters. The molecule has 46 heavy (non-hydrogen) atoms. The highest BCUT2D eigenvalue weighted by atomic mass is 32.3. The van der Waals surface area contributed by atoms with Gasteiger partial charge in [-0.25, -0.2) is 4.79 Å². The van der Waals surface area contributed by atoms with Gasteiger partial charge in [-0.3, -0.25) is 23.6 Å². The number of anilines is 3. The van der Waals surface area contributed by atoms with Gasteiger partial charge in [0.25, 0.3) is 5.91 Å². The predicted octanol–water partition coefficient (Wildman–Crippen LogP) is 2.14. The van der Waals surface area contributed by atoms with E-state index < -0.39 is 16.4 Å². The van der Waals surface area contributed by atoms with Crippen molar-refractivity contribution in [2.45, 2.75) is 0 Å². The molecule has 6 N–H and O–H groups in total. The number of esters is 1. The van der Waals surface area contributed by atoms with Crippen LogP contribution in [-0.2, 0) is 24.7 Å². The Morgan fingerprint density at radius 3 is 2.15 bits per heavy atom. The number of fused-ring (bicyclic) bond motifs is 1. The molecule has 3 aromatic carbocycles. The van der Waals surface area contributed by atoms with Crippen LogP contribution >= 0.6 is 0 Å². The number of rotatable bonds is 7. The van der Waals surface area contributed by atoms with Crippen molar-refractivity contribution in [3.8, 4) is 0 Å². The summed E-state index contributed by atoms with van der Waals surface area (Å²) in [5, 5.41) is 6.31. The standard InChI is InChI=1S/C31H33N5O4.H2O4S.H2O/c1-34-15-17-36(18-16-34)20-27(37)35(2)24-12-10-23(11-13-24)32-29(21-7-5-4-6-8-21)28-25-14-9-22(31(39)40-3)19-26(25)33-30(28)38;1-5(2,3)4;/h4-14,19,32H,15-18,20H2,1-3H3,(H,33,38);(H2,1,2,3,4);1H2. The Labute approximate surface area is 267 Å². The summed E-state index contributed by atoms with van der Waals surface area (Å²) in [4.78, 5) is 44.3. The molecule has 0 aromatic heterocycles. The van der Waals surface area contributed by atoms with E-state index in [4.69, 9.17) is 22.3 Å². The Balaban J connectivity index is 0.000000892. The lowest BCUT2D eigenvalue weighted by atomic mass is 9.99. The molecule has 3 aromatic rings. The van der Waals surface area contributed by atoms with Crippen molar-refractivity contribution in [1.82, 2.24) is 9.80 Å². The van der Waals surface area contributed by atoms with E-state index in [9.17, 15) is 14.4 Å². The van der Waals surface area contributed by atoms with E-state index in [0.717, 1.165) is 43.1 Å². The van der Waals surface area contributed by atoms with Gasteiger partial charge in [-0.2, -0.15) is 8.42 Å². The number of carbonyl (C=O) groups excluding carboxylic acids is 3. The molecule has 0 radical (unpaired) electrons. The van der Waals surface area contributed by atoms with Crippen LogP contribution in [0.1, 0.15) is 21.5 Å². The van der Waals surface area contributed by atoms with Gasteiger partial charge in [0, 0.05) is 50.2 Å². The van der Waals surface area contributed by atoms with Crippen LogP contribution in [0.4, 0.5) is 17.1 Å². The quantitative estimate of drug-likeness (QED) is 0.165. The normalized spacial score (nSPS) is 15.7. The number of nitrogens with one attached hydrogen (secondary N) is 2. The number of hydrogen-bond acceptors (Lipinski definition) is 9. The molecule has 2 aliphatic rings. The Morgan fingerprint density at radius 1 is 0.957 bits per heavy atom. The maximum atomic E-state index is 13.2. The van der Waals surface area contributed by atoms with Crippen LogP contribution in [0.3, 0.4) is 0 Å². The lowest BCUT2D eigenvalue weighted by Gasteiger charge is -2.32. The highest BCUT2D eigenvalue weighted by Crippen LogP contribution is 2.38. The molecule has 1 fully saturated rings. The lowest BCUT2D eigenvalue weighted by molar-refractivity contribution is -0.119. The highest BCUT2D eigenvalue weighted by molar-refractivity contribution is 7.79. The number of ether oxygens (including phenoxy) is 1. The van der Waals surface area contributed by atoms with Crippen LogP contribution in [0.15, 0.2) is 72.8 Å². The minimum Gasteiger partial charge on any atom is -0.465 e. The fourth-order valence-electron chi connectivity index (χ4n) is 4.91. The molecule has 0 atom stereocenters. The van der Waals surface area contributed by atoms with E-state index in [1.54, 1.807) is 30.1 Å². The third kappa shape index (κ3) is 9.43. The Hall–Kier alpha value is -4.64. The van der Waals surface area contributed by atoms with Crippen LogP contribution in [0.5, 0.6) is 0 Å². The molecule has 2 heterocycles. The molecular formula is C31H37N5O9S. The molecule has 0 bridgehead atoms. The molecule has 5 rings (SSSR count). The SMILES string of the molecule is COC(=O)c1ccc2c(c1)NC(=O)C2=C(Nc1ccc(N(C)C(=O)CN2CCN(C)CC2)cc1)c1ccccc1.O.O=S(=O)(O)O. The van der Waals surface area contributed by atoms with Gasteiger partial charge in [0.1, 0.15) is 0 Å². The van der Waals surface area contributed by atoms with E-state index in [1.165, 1.54) is 7.11 Å². The van der Waals surface area contributed by atoms with Crippen molar-refractivity contribution in [3.63, 3.8) is 0 Å². The van der Waals surface area contributed by atoms with Gasteiger partial charge in [0.05, 0.1) is 36.2 Å². The topological polar surface area (TPSA) is 200 Å². The van der Waals surface area contributed by atoms with Crippen LogP contribution in [0.2, 0.25) is 0 Å². The molecule has 0 saturated carbocycles. The first kappa shape index (κ1) is 35.8. The monoisotopic (exact) mass is 655 g/mol. The fraction of sp³-hybridized carbons (Fsp3) is 0.258. The van der Waals surface area contributed by atoms with Gasteiger partial charge in [-0.1, -0.05) is 36.4 Å². The number of benzene rings is 3. The zero-order chi connectivity index (χ0) is 32.7. The van der Waals surface area contributed by atoms with Gasteiger partial charge < -0.3 is 30.6 Å². The van der Waals surface area contributed by atoms with E-state index in [2.05, 4.69) is 27.5 Å². The van der Waals surface area contributed by atoms with Crippen LogP contribution in [0, 0.1) is 0 Å². The molecular weight excluding hydrogens is 618 g/mol. The Kier molecular flexibility index (Phi) is 12.1. The summed E-state index contributed by atoms with van der Waals surface area (Å²) in [6, 6.07) is 22.2. The van der Waals surface area contributed by atoms with Gasteiger partial charge in [-0.15, -0.1) is 0 Å². The molecule has 2 aliphatic heterocycles. The summed E-state index contributed by atoms with van der Waals surface area (Å²) in [5.74, 6) is -0.694. The van der Waals surface area contributed by atoms with E-state index in [1.807, 2.05) is 54.6 Å². The largest absolute Gasteiger partial charge is 0.465 e. The first-order valence-corrected chi connectivity index (χ1v) is 15.3. The maximum Gasteiger partial charge on any atom is 0.394 e. The summed E-state index contributed by atoms with van der Waals surface area (Å²) in [7, 11) is 0.544. The Bertz CT molecular complexity index is 1680. The van der Waals surface area contributed by atoms with Crippen molar-refractivity contribution < 1.29 is 42.1 Å². The van der Waals surface area contributed by atoms with Gasteiger partial charge in [0.15, 0.2) is 0 Å². The number of nitrogens with zero attached hydrogens (tertiary/aromatic N) is 3. The first-order valence-electron chi connectivity index (χ1n) is 13.9. The van der Waals surface area contributed by atoms with Gasteiger partial charge in [-0.05, 0) is 49.0 Å². The van der Waals surface area contributed by atoms with Crippen LogP contribution < -0.4 is 15.5 Å². The highest BCUT2D eigenvalue weighted by Gasteiger charge is 2.29. The predicted molar refractivity (Wildman–Crippen MR) is 175 cm³/mol. The summed E-state index contributed by atoms with van der Waals surface area (Å²) >= 11 is 0. The maximum absolute atomic E-state index is 13.2. The molecule has 0 aliphatic carbocycles. The number of methoxy groups -OCH3 is 1. The summed E-state index contributed by atoms with van der Waals surface area (Å²) < 4.78 is 36.4. The molecule has 246 valence electrons. The fourth-order valence-corrected chi connectivity index (χ4v) is 4.91. The van der Waals surface area contributed by atoms with Crippen molar-refractivity contribution in [2.24, 2.45) is 0 Å². The summed E-state index contributed by atoms with van der Waals surface area (Å²) in [5.41, 5.74) is 5.10. The zero-order valence-electron chi connectivity index (χ0n) is 25.6. The molecule has 2 amide bonds. The minimum atomic E-state index is -4.67. The van der Waals surface area contributed by atoms with Gasteiger partial charge in [0.2, 0.25) is 5.91 Å². The molecule has 1 saturated heterocycles.